The number of hydrogen-bond donors (Lipinski definition) is 1. The lowest BCUT2D eigenvalue weighted by atomic mass is 10.1. The number of nitriles is 1. The summed E-state index contributed by atoms with van der Waals surface area (Å²) in [6.07, 6.45) is -1.31. The van der Waals surface area contributed by atoms with Crippen LogP contribution in [0.3, 0.4) is 0 Å². The molecule has 19 heavy (non-hydrogen) atoms. The van der Waals surface area contributed by atoms with Crippen LogP contribution in [-0.4, -0.2) is 5.11 Å². The molecule has 2 rings (SSSR count). The number of aliphatic hydroxyl groups excluding tert-OH is 1. The highest BCUT2D eigenvalue weighted by molar-refractivity contribution is 6.30. The topological polar surface area (TPSA) is 53.2 Å². The molecule has 3 nitrogen and oxygen atoms in total. The third-order valence-electron chi connectivity index (χ3n) is 2.43. The van der Waals surface area contributed by atoms with Crippen molar-refractivity contribution in [1.82, 2.24) is 0 Å². The number of hydrogen-bond acceptors (Lipinski definition) is 3. The van der Waals surface area contributed by atoms with Crippen molar-refractivity contribution in [2.24, 2.45) is 0 Å². The van der Waals surface area contributed by atoms with Gasteiger partial charge in [0.25, 0.3) is 0 Å². The van der Waals surface area contributed by atoms with E-state index in [0.29, 0.717) is 10.8 Å². The van der Waals surface area contributed by atoms with E-state index < -0.39 is 11.9 Å². The van der Waals surface area contributed by atoms with E-state index in [2.05, 4.69) is 0 Å². The molecule has 0 fully saturated rings. The second kappa shape index (κ2) is 5.70. The molecule has 0 aliphatic heterocycles. The lowest BCUT2D eigenvalue weighted by molar-refractivity contribution is 0.235. The summed E-state index contributed by atoms with van der Waals surface area (Å²) in [4.78, 5) is 0. The Hall–Kier alpha value is -2.09. The molecule has 0 bridgehead atoms. The number of benzene rings is 2. The molecule has 0 amide bonds. The highest BCUT2D eigenvalue weighted by Gasteiger charge is 2.11. The Kier molecular flexibility index (Phi) is 4.00. The van der Waals surface area contributed by atoms with E-state index in [4.69, 9.17) is 21.6 Å². The minimum Gasteiger partial charge on any atom is -0.454 e. The average molecular weight is 278 g/mol. The van der Waals surface area contributed by atoms with Crippen LogP contribution in [0.5, 0.6) is 11.5 Å². The second-order valence-corrected chi connectivity index (χ2v) is 4.21. The van der Waals surface area contributed by atoms with E-state index in [0.717, 1.165) is 6.07 Å². The van der Waals surface area contributed by atoms with Crippen molar-refractivity contribution >= 4 is 11.6 Å². The van der Waals surface area contributed by atoms with Gasteiger partial charge in [0.15, 0.2) is 17.7 Å². The first-order chi connectivity index (χ1) is 9.10. The van der Waals surface area contributed by atoms with E-state index in [1.165, 1.54) is 12.1 Å². The monoisotopic (exact) mass is 277 g/mol. The van der Waals surface area contributed by atoms with Crippen LogP contribution in [0.25, 0.3) is 0 Å². The molecule has 2 aromatic carbocycles. The first-order valence-corrected chi connectivity index (χ1v) is 5.78. The summed E-state index contributed by atoms with van der Waals surface area (Å²) >= 11 is 5.73. The van der Waals surface area contributed by atoms with Crippen LogP contribution in [0.15, 0.2) is 42.5 Å². The summed E-state index contributed by atoms with van der Waals surface area (Å²) in [7, 11) is 0. The van der Waals surface area contributed by atoms with E-state index in [-0.39, 0.29) is 11.3 Å². The summed E-state index contributed by atoms with van der Waals surface area (Å²) in [6.45, 7) is 0. The Labute approximate surface area is 114 Å². The molecule has 2 aromatic rings. The van der Waals surface area contributed by atoms with Crippen LogP contribution in [0, 0.1) is 17.1 Å². The zero-order chi connectivity index (χ0) is 13.8. The molecule has 1 N–H and O–H groups in total. The predicted molar refractivity (Wildman–Crippen MR) is 68.5 cm³/mol. The summed E-state index contributed by atoms with van der Waals surface area (Å²) in [5, 5.41) is 18.6. The van der Waals surface area contributed by atoms with Gasteiger partial charge >= 0.3 is 0 Å². The van der Waals surface area contributed by atoms with Gasteiger partial charge in [0.1, 0.15) is 5.75 Å². The zero-order valence-electron chi connectivity index (χ0n) is 9.68. The fourth-order valence-corrected chi connectivity index (χ4v) is 1.60. The highest BCUT2D eigenvalue weighted by Crippen LogP contribution is 2.28. The van der Waals surface area contributed by atoms with E-state index in [1.54, 1.807) is 30.3 Å². The maximum absolute atomic E-state index is 13.6. The van der Waals surface area contributed by atoms with Crippen molar-refractivity contribution in [3.63, 3.8) is 0 Å². The summed E-state index contributed by atoms with van der Waals surface area (Å²) in [5.41, 5.74) is 0.271. The van der Waals surface area contributed by atoms with Gasteiger partial charge in [-0.3, -0.25) is 0 Å². The maximum Gasteiger partial charge on any atom is 0.166 e. The Morgan fingerprint density at radius 3 is 2.53 bits per heavy atom. The lowest BCUT2D eigenvalue weighted by Gasteiger charge is -2.09. The van der Waals surface area contributed by atoms with Crippen molar-refractivity contribution < 1.29 is 14.2 Å². The summed E-state index contributed by atoms with van der Waals surface area (Å²) < 4.78 is 18.9. The Bertz CT molecular complexity index is 622. The van der Waals surface area contributed by atoms with Crippen LogP contribution >= 0.6 is 11.6 Å². The van der Waals surface area contributed by atoms with E-state index in [9.17, 15) is 9.50 Å². The van der Waals surface area contributed by atoms with Gasteiger partial charge in [-0.25, -0.2) is 4.39 Å². The number of rotatable bonds is 3. The molecule has 0 heterocycles. The van der Waals surface area contributed by atoms with E-state index >= 15 is 0 Å². The highest BCUT2D eigenvalue weighted by atomic mass is 35.5. The molecule has 0 aliphatic carbocycles. The molecule has 1 unspecified atom stereocenters. The van der Waals surface area contributed by atoms with Crippen LogP contribution in [0.2, 0.25) is 5.02 Å². The standard InChI is InChI=1S/C14H9ClFNO2/c15-10-2-4-11(5-3-10)19-14-7-9(13(18)8-17)1-6-12(14)16/h1-7,13,18H. The van der Waals surface area contributed by atoms with Gasteiger partial charge < -0.3 is 9.84 Å². The van der Waals surface area contributed by atoms with Gasteiger partial charge in [0, 0.05) is 5.02 Å². The van der Waals surface area contributed by atoms with Crippen LogP contribution in [0.1, 0.15) is 11.7 Å². The molecule has 0 aromatic heterocycles. The molecule has 0 saturated heterocycles. The van der Waals surface area contributed by atoms with Gasteiger partial charge in [0.05, 0.1) is 6.07 Å². The normalized spacial score (nSPS) is 11.7. The SMILES string of the molecule is N#CC(O)c1ccc(F)c(Oc2ccc(Cl)cc2)c1. The first-order valence-electron chi connectivity index (χ1n) is 5.40. The Morgan fingerprint density at radius 1 is 1.21 bits per heavy atom. The van der Waals surface area contributed by atoms with E-state index in [1.807, 2.05) is 0 Å². The van der Waals surface area contributed by atoms with Crippen LogP contribution in [0.4, 0.5) is 4.39 Å². The molecule has 0 radical (unpaired) electrons. The molecule has 0 saturated carbocycles. The second-order valence-electron chi connectivity index (χ2n) is 3.78. The van der Waals surface area contributed by atoms with Crippen molar-refractivity contribution in [1.29, 1.82) is 5.26 Å². The molecule has 5 heteroatoms. The van der Waals surface area contributed by atoms with Gasteiger partial charge in [-0.15, -0.1) is 0 Å². The molecule has 1 atom stereocenters. The number of halogens is 2. The zero-order valence-corrected chi connectivity index (χ0v) is 10.4. The van der Waals surface area contributed by atoms with Crippen molar-refractivity contribution in [2.45, 2.75) is 6.10 Å². The number of nitrogens with zero attached hydrogens (tertiary/aromatic N) is 1. The van der Waals surface area contributed by atoms with Gasteiger partial charge in [0.2, 0.25) is 0 Å². The van der Waals surface area contributed by atoms with Crippen LogP contribution in [-0.2, 0) is 0 Å². The minimum absolute atomic E-state index is 0.0610. The lowest BCUT2D eigenvalue weighted by Crippen LogP contribution is -1.96. The number of aliphatic hydroxyl groups is 1. The predicted octanol–water partition coefficient (Wildman–Crippen LogP) is 3.83. The Morgan fingerprint density at radius 2 is 1.89 bits per heavy atom. The fourth-order valence-electron chi connectivity index (χ4n) is 1.47. The maximum atomic E-state index is 13.6. The third-order valence-corrected chi connectivity index (χ3v) is 2.69. The smallest absolute Gasteiger partial charge is 0.166 e. The molecule has 96 valence electrons. The third kappa shape index (κ3) is 3.22. The first kappa shape index (κ1) is 13.3. The molecule has 0 spiro atoms. The van der Waals surface area contributed by atoms with Crippen molar-refractivity contribution in [3.05, 3.63) is 58.9 Å². The van der Waals surface area contributed by atoms with Gasteiger partial charge in [-0.05, 0) is 42.0 Å². The van der Waals surface area contributed by atoms with Gasteiger partial charge in [-0.1, -0.05) is 17.7 Å². The van der Waals surface area contributed by atoms with Crippen molar-refractivity contribution in [2.75, 3.05) is 0 Å². The fraction of sp³-hybridized carbons (Fsp3) is 0.0714. The number of ether oxygens (including phenoxy) is 1. The molecule has 0 aliphatic rings. The summed E-state index contributed by atoms with van der Waals surface area (Å²) in [5.74, 6) is -0.232. The summed E-state index contributed by atoms with van der Waals surface area (Å²) in [6, 6.07) is 11.8. The van der Waals surface area contributed by atoms with Gasteiger partial charge in [-0.2, -0.15) is 5.26 Å². The quantitative estimate of drug-likeness (QED) is 0.868. The Balaban J connectivity index is 2.29. The van der Waals surface area contributed by atoms with Crippen LogP contribution < -0.4 is 4.74 Å². The average Bonchev–Trinajstić information content (AvgIpc) is 2.43. The largest absolute Gasteiger partial charge is 0.454 e. The van der Waals surface area contributed by atoms with Crippen molar-refractivity contribution in [3.8, 4) is 17.6 Å². The minimum atomic E-state index is -1.31. The molecular weight excluding hydrogens is 269 g/mol. The molecular formula is C14H9ClFNO2.